The first-order valence-electron chi connectivity index (χ1n) is 5.93. The predicted molar refractivity (Wildman–Crippen MR) is 61.8 cm³/mol. The van der Waals surface area contributed by atoms with Gasteiger partial charge in [-0.1, -0.05) is 6.92 Å². The van der Waals surface area contributed by atoms with Crippen molar-refractivity contribution in [2.24, 2.45) is 0 Å². The zero-order chi connectivity index (χ0) is 11.1. The molecule has 15 heavy (non-hydrogen) atoms. The molecule has 1 rings (SSSR count). The normalized spacial score (nSPS) is 21.7. The van der Waals surface area contributed by atoms with Gasteiger partial charge in [0.2, 0.25) is 5.91 Å². The van der Waals surface area contributed by atoms with Crippen LogP contribution in [0.3, 0.4) is 0 Å². The molecule has 1 aliphatic heterocycles. The highest BCUT2D eigenvalue weighted by Crippen LogP contribution is 2.10. The summed E-state index contributed by atoms with van der Waals surface area (Å²) in [4.78, 5) is 13.6. The van der Waals surface area contributed by atoms with Gasteiger partial charge >= 0.3 is 0 Å². The molecule has 1 fully saturated rings. The van der Waals surface area contributed by atoms with Crippen molar-refractivity contribution in [2.45, 2.75) is 32.2 Å². The average molecular weight is 213 g/mol. The number of hydrogen-bond donors (Lipinski definition) is 2. The van der Waals surface area contributed by atoms with Crippen LogP contribution in [0.25, 0.3) is 0 Å². The fourth-order valence-corrected chi connectivity index (χ4v) is 2.11. The zero-order valence-corrected chi connectivity index (χ0v) is 9.88. The second kappa shape index (κ2) is 6.80. The van der Waals surface area contributed by atoms with Gasteiger partial charge in [-0.05, 0) is 25.9 Å². The summed E-state index contributed by atoms with van der Waals surface area (Å²) >= 11 is 0. The summed E-state index contributed by atoms with van der Waals surface area (Å²) in [7, 11) is 1.70. The Kier molecular flexibility index (Phi) is 5.65. The lowest BCUT2D eigenvalue weighted by Gasteiger charge is -2.33. The number of amides is 1. The van der Waals surface area contributed by atoms with Crippen molar-refractivity contribution in [3.05, 3.63) is 0 Å². The third kappa shape index (κ3) is 4.18. The Morgan fingerprint density at radius 1 is 1.60 bits per heavy atom. The van der Waals surface area contributed by atoms with Gasteiger partial charge in [0.05, 0.1) is 0 Å². The summed E-state index contributed by atoms with van der Waals surface area (Å²) in [6.07, 6.45) is 3.12. The number of nitrogens with one attached hydrogen (secondary N) is 2. The van der Waals surface area contributed by atoms with E-state index in [0.29, 0.717) is 12.5 Å². The second-order valence-corrected chi connectivity index (χ2v) is 4.05. The highest BCUT2D eigenvalue weighted by molar-refractivity contribution is 5.75. The van der Waals surface area contributed by atoms with Gasteiger partial charge in [-0.15, -0.1) is 0 Å². The number of carbonyl (C=O) groups excluding carboxylic acids is 1. The van der Waals surface area contributed by atoms with Crippen LogP contribution in [0.4, 0.5) is 0 Å². The van der Waals surface area contributed by atoms with E-state index < -0.39 is 0 Å². The Labute approximate surface area is 92.4 Å². The molecule has 0 spiro atoms. The van der Waals surface area contributed by atoms with Crippen molar-refractivity contribution in [2.75, 3.05) is 33.2 Å². The Morgan fingerprint density at radius 2 is 2.40 bits per heavy atom. The Bertz CT molecular complexity index is 190. The van der Waals surface area contributed by atoms with Crippen molar-refractivity contribution >= 4 is 5.91 Å². The molecule has 4 nitrogen and oxygen atoms in total. The third-order valence-corrected chi connectivity index (χ3v) is 3.10. The molecule has 0 aromatic rings. The molecule has 1 unspecified atom stereocenters. The molecule has 2 N–H and O–H groups in total. The molecule has 1 saturated heterocycles. The molecule has 1 atom stereocenters. The van der Waals surface area contributed by atoms with E-state index in [2.05, 4.69) is 22.5 Å². The summed E-state index contributed by atoms with van der Waals surface area (Å²) in [5.74, 6) is 0.136. The quantitative estimate of drug-likeness (QED) is 0.685. The van der Waals surface area contributed by atoms with Crippen LogP contribution >= 0.6 is 0 Å². The van der Waals surface area contributed by atoms with Gasteiger partial charge in [-0.2, -0.15) is 0 Å². The largest absolute Gasteiger partial charge is 0.359 e. The van der Waals surface area contributed by atoms with Crippen molar-refractivity contribution in [1.82, 2.24) is 15.5 Å². The summed E-state index contributed by atoms with van der Waals surface area (Å²) in [6.45, 7) is 6.29. The van der Waals surface area contributed by atoms with E-state index in [9.17, 15) is 4.79 Å². The minimum Gasteiger partial charge on any atom is -0.359 e. The van der Waals surface area contributed by atoms with Crippen LogP contribution in [0.1, 0.15) is 26.2 Å². The van der Waals surface area contributed by atoms with Crippen LogP contribution < -0.4 is 10.6 Å². The maximum Gasteiger partial charge on any atom is 0.221 e. The highest BCUT2D eigenvalue weighted by Gasteiger charge is 2.19. The highest BCUT2D eigenvalue weighted by atomic mass is 16.1. The van der Waals surface area contributed by atoms with E-state index >= 15 is 0 Å². The van der Waals surface area contributed by atoms with Crippen molar-refractivity contribution in [3.8, 4) is 0 Å². The first kappa shape index (κ1) is 12.5. The molecule has 0 aliphatic carbocycles. The summed E-state index contributed by atoms with van der Waals surface area (Å²) in [5, 5.41) is 6.08. The monoisotopic (exact) mass is 213 g/mol. The van der Waals surface area contributed by atoms with Crippen LogP contribution in [-0.4, -0.2) is 50.1 Å². The van der Waals surface area contributed by atoms with E-state index in [-0.39, 0.29) is 5.91 Å². The van der Waals surface area contributed by atoms with E-state index in [1.54, 1.807) is 7.05 Å². The first-order chi connectivity index (χ1) is 7.27. The summed E-state index contributed by atoms with van der Waals surface area (Å²) < 4.78 is 0. The number of piperidine rings is 1. The van der Waals surface area contributed by atoms with Crippen LogP contribution in [0.2, 0.25) is 0 Å². The lowest BCUT2D eigenvalue weighted by Crippen LogP contribution is -2.46. The van der Waals surface area contributed by atoms with Crippen molar-refractivity contribution < 1.29 is 4.79 Å². The van der Waals surface area contributed by atoms with Crippen LogP contribution in [0, 0.1) is 0 Å². The number of hydrogen-bond acceptors (Lipinski definition) is 3. The fraction of sp³-hybridized carbons (Fsp3) is 0.909. The number of carbonyl (C=O) groups is 1. The Balaban J connectivity index is 2.30. The van der Waals surface area contributed by atoms with E-state index in [1.807, 2.05) is 0 Å². The molecule has 0 saturated carbocycles. The molecule has 0 bridgehead atoms. The van der Waals surface area contributed by atoms with Gasteiger partial charge in [-0.3, -0.25) is 9.69 Å². The van der Waals surface area contributed by atoms with Crippen molar-refractivity contribution in [3.63, 3.8) is 0 Å². The van der Waals surface area contributed by atoms with Gasteiger partial charge in [0.1, 0.15) is 0 Å². The Hall–Kier alpha value is -0.610. The molecule has 1 heterocycles. The molecule has 88 valence electrons. The number of nitrogens with zero attached hydrogens (tertiary/aromatic N) is 1. The SMILES string of the molecule is CCN(CCC(=O)NC)C1CCCNC1. The first-order valence-corrected chi connectivity index (χ1v) is 5.93. The van der Waals surface area contributed by atoms with Crippen LogP contribution in [0.15, 0.2) is 0 Å². The van der Waals surface area contributed by atoms with E-state index in [4.69, 9.17) is 0 Å². The predicted octanol–water partition coefficient (Wildman–Crippen LogP) is 0.196. The molecule has 0 radical (unpaired) electrons. The maximum atomic E-state index is 11.2. The lowest BCUT2D eigenvalue weighted by molar-refractivity contribution is -0.121. The second-order valence-electron chi connectivity index (χ2n) is 4.05. The van der Waals surface area contributed by atoms with Gasteiger partial charge < -0.3 is 10.6 Å². The molecule has 0 aromatic heterocycles. The molecular formula is C11H23N3O. The smallest absolute Gasteiger partial charge is 0.221 e. The topological polar surface area (TPSA) is 44.4 Å². The molecular weight excluding hydrogens is 190 g/mol. The van der Waals surface area contributed by atoms with Gasteiger partial charge in [0.15, 0.2) is 0 Å². The summed E-state index contributed by atoms with van der Waals surface area (Å²) in [6, 6.07) is 0.619. The van der Waals surface area contributed by atoms with Crippen LogP contribution in [-0.2, 0) is 4.79 Å². The molecule has 0 aromatic carbocycles. The van der Waals surface area contributed by atoms with Gasteiger partial charge in [0.25, 0.3) is 0 Å². The number of rotatable bonds is 5. The minimum absolute atomic E-state index is 0.136. The van der Waals surface area contributed by atoms with Gasteiger partial charge in [-0.25, -0.2) is 0 Å². The minimum atomic E-state index is 0.136. The van der Waals surface area contributed by atoms with Gasteiger partial charge in [0, 0.05) is 32.6 Å². The Morgan fingerprint density at radius 3 is 2.93 bits per heavy atom. The molecule has 4 heteroatoms. The average Bonchev–Trinajstić information content (AvgIpc) is 2.31. The molecule has 1 aliphatic rings. The maximum absolute atomic E-state index is 11.2. The fourth-order valence-electron chi connectivity index (χ4n) is 2.11. The molecule has 1 amide bonds. The summed E-state index contributed by atoms with van der Waals surface area (Å²) in [5.41, 5.74) is 0. The third-order valence-electron chi connectivity index (χ3n) is 3.10. The van der Waals surface area contributed by atoms with Crippen LogP contribution in [0.5, 0.6) is 0 Å². The standard InChI is InChI=1S/C11H23N3O/c1-3-14(8-6-11(15)12-2)10-5-4-7-13-9-10/h10,13H,3-9H2,1-2H3,(H,12,15). The number of likely N-dealkylation sites (N-methyl/N-ethyl adjacent to an activating group) is 1. The lowest BCUT2D eigenvalue weighted by atomic mass is 10.1. The van der Waals surface area contributed by atoms with E-state index in [0.717, 1.165) is 26.2 Å². The zero-order valence-electron chi connectivity index (χ0n) is 9.88. The van der Waals surface area contributed by atoms with Crippen molar-refractivity contribution in [1.29, 1.82) is 0 Å². The van der Waals surface area contributed by atoms with E-state index in [1.165, 1.54) is 12.8 Å².